The highest BCUT2D eigenvalue weighted by molar-refractivity contribution is 5.91. The van der Waals surface area contributed by atoms with E-state index in [4.69, 9.17) is 4.42 Å². The van der Waals surface area contributed by atoms with Gasteiger partial charge in [0.1, 0.15) is 6.54 Å². The molecule has 1 aromatic carbocycles. The summed E-state index contributed by atoms with van der Waals surface area (Å²) in [6.45, 7) is -0.148. The van der Waals surface area contributed by atoms with Gasteiger partial charge in [-0.3, -0.25) is 9.36 Å². The highest BCUT2D eigenvalue weighted by Gasteiger charge is 2.12. The average Bonchev–Trinajstić information content (AvgIpc) is 2.84. The van der Waals surface area contributed by atoms with Gasteiger partial charge in [-0.25, -0.2) is 14.8 Å². The van der Waals surface area contributed by atoms with E-state index in [-0.39, 0.29) is 12.5 Å². The van der Waals surface area contributed by atoms with Crippen molar-refractivity contribution in [2.45, 2.75) is 6.54 Å². The van der Waals surface area contributed by atoms with Gasteiger partial charge in [0.15, 0.2) is 5.58 Å². The number of hydrogen-bond donors (Lipinski definition) is 1. The van der Waals surface area contributed by atoms with E-state index in [1.165, 1.54) is 17.0 Å². The van der Waals surface area contributed by atoms with Crippen molar-refractivity contribution in [1.29, 1.82) is 0 Å². The highest BCUT2D eigenvalue weighted by atomic mass is 16.4. The molecule has 0 aliphatic carbocycles. The lowest BCUT2D eigenvalue weighted by molar-refractivity contribution is -0.116. The average molecular weight is 313 g/mol. The number of nitrogens with one attached hydrogen (secondary N) is 1. The third-order valence-corrected chi connectivity index (χ3v) is 3.20. The number of oxazole rings is 1. The number of anilines is 2. The molecule has 118 valence electrons. The largest absolute Gasteiger partial charge is 0.420 e. The summed E-state index contributed by atoms with van der Waals surface area (Å²) >= 11 is 0. The van der Waals surface area contributed by atoms with E-state index >= 15 is 0 Å². The van der Waals surface area contributed by atoms with Crippen molar-refractivity contribution in [3.8, 4) is 0 Å². The molecule has 1 N–H and O–H groups in total. The van der Waals surface area contributed by atoms with E-state index in [0.29, 0.717) is 22.7 Å². The Morgan fingerprint density at radius 3 is 2.65 bits per heavy atom. The van der Waals surface area contributed by atoms with Crippen LogP contribution < -0.4 is 16.0 Å². The van der Waals surface area contributed by atoms with E-state index in [1.54, 1.807) is 29.2 Å². The first kappa shape index (κ1) is 14.8. The number of fused-ring (bicyclic) bond motifs is 1. The molecule has 0 saturated heterocycles. The summed E-state index contributed by atoms with van der Waals surface area (Å²) in [7, 11) is 3.65. The second-order valence-electron chi connectivity index (χ2n) is 5.14. The molecule has 1 amide bonds. The Morgan fingerprint density at radius 1 is 1.26 bits per heavy atom. The van der Waals surface area contributed by atoms with Crippen LogP contribution in [-0.2, 0) is 11.3 Å². The molecule has 0 spiro atoms. The monoisotopic (exact) mass is 313 g/mol. The zero-order valence-electron chi connectivity index (χ0n) is 12.7. The lowest BCUT2D eigenvalue weighted by Crippen LogP contribution is -2.25. The number of carbonyl (C=O) groups excluding carboxylic acids is 1. The second-order valence-corrected chi connectivity index (χ2v) is 5.14. The maximum atomic E-state index is 12.1. The Morgan fingerprint density at radius 2 is 1.96 bits per heavy atom. The lowest BCUT2D eigenvalue weighted by Gasteiger charge is -2.10. The maximum Gasteiger partial charge on any atom is 0.420 e. The van der Waals surface area contributed by atoms with Gasteiger partial charge in [0.05, 0.1) is 23.6 Å². The summed E-state index contributed by atoms with van der Waals surface area (Å²) in [6.07, 6.45) is 3.02. The van der Waals surface area contributed by atoms with Crippen molar-refractivity contribution < 1.29 is 9.21 Å². The van der Waals surface area contributed by atoms with Crippen LogP contribution in [0.25, 0.3) is 11.1 Å². The molecular formula is C15H15N5O3. The van der Waals surface area contributed by atoms with Gasteiger partial charge in [0.2, 0.25) is 11.9 Å². The third kappa shape index (κ3) is 3.05. The molecule has 0 saturated carbocycles. The molecule has 0 atom stereocenters. The van der Waals surface area contributed by atoms with E-state index in [1.807, 2.05) is 14.1 Å². The van der Waals surface area contributed by atoms with E-state index in [2.05, 4.69) is 15.3 Å². The minimum Gasteiger partial charge on any atom is -0.408 e. The van der Waals surface area contributed by atoms with Crippen molar-refractivity contribution in [3.63, 3.8) is 0 Å². The maximum absolute atomic E-state index is 12.1. The molecule has 2 heterocycles. The van der Waals surface area contributed by atoms with Gasteiger partial charge in [0.25, 0.3) is 0 Å². The molecule has 3 rings (SSSR count). The van der Waals surface area contributed by atoms with Crippen molar-refractivity contribution in [1.82, 2.24) is 14.5 Å². The lowest BCUT2D eigenvalue weighted by atomic mass is 10.3. The van der Waals surface area contributed by atoms with Crippen molar-refractivity contribution in [2.75, 3.05) is 24.3 Å². The molecule has 2 aromatic heterocycles. The fourth-order valence-corrected chi connectivity index (χ4v) is 2.12. The van der Waals surface area contributed by atoms with Gasteiger partial charge in [-0.05, 0) is 12.1 Å². The van der Waals surface area contributed by atoms with Crippen LogP contribution in [0.4, 0.5) is 11.6 Å². The molecular weight excluding hydrogens is 298 g/mol. The minimum atomic E-state index is -0.569. The van der Waals surface area contributed by atoms with Gasteiger partial charge < -0.3 is 14.6 Å². The van der Waals surface area contributed by atoms with Gasteiger partial charge in [-0.15, -0.1) is 0 Å². The Labute approximate surface area is 131 Å². The van der Waals surface area contributed by atoms with Crippen LogP contribution in [0.1, 0.15) is 0 Å². The van der Waals surface area contributed by atoms with Crippen LogP contribution in [0.3, 0.4) is 0 Å². The number of benzene rings is 1. The summed E-state index contributed by atoms with van der Waals surface area (Å²) in [4.78, 5) is 33.9. The van der Waals surface area contributed by atoms with Crippen LogP contribution in [0.5, 0.6) is 0 Å². The van der Waals surface area contributed by atoms with Crippen LogP contribution >= 0.6 is 0 Å². The number of aromatic nitrogens is 3. The normalized spacial score (nSPS) is 10.7. The van der Waals surface area contributed by atoms with Gasteiger partial charge in [0, 0.05) is 14.1 Å². The zero-order chi connectivity index (χ0) is 16.4. The molecule has 0 unspecified atom stereocenters. The first-order chi connectivity index (χ1) is 11.0. The standard InChI is InChI=1S/C15H15N5O3/c1-19(2)14-16-7-10(8-17-14)18-13(21)9-20-11-5-3-4-6-12(11)23-15(20)22/h3-8H,9H2,1-2H3,(H,18,21). The SMILES string of the molecule is CN(C)c1ncc(NC(=O)Cn2c(=O)oc3ccccc32)cn1. The number of hydrogen-bond acceptors (Lipinski definition) is 6. The minimum absolute atomic E-state index is 0.148. The Bertz CT molecular complexity index is 895. The molecule has 0 aliphatic heterocycles. The van der Waals surface area contributed by atoms with Crippen molar-refractivity contribution >= 4 is 28.6 Å². The Balaban J connectivity index is 1.76. The summed E-state index contributed by atoms with van der Waals surface area (Å²) in [5, 5.41) is 2.65. The number of para-hydroxylation sites is 2. The van der Waals surface area contributed by atoms with Crippen LogP contribution in [0, 0.1) is 0 Å². The summed E-state index contributed by atoms with van der Waals surface area (Å²) in [5.41, 5.74) is 1.48. The smallest absolute Gasteiger partial charge is 0.408 e. The Kier molecular flexibility index (Phi) is 3.80. The third-order valence-electron chi connectivity index (χ3n) is 3.20. The summed E-state index contributed by atoms with van der Waals surface area (Å²) < 4.78 is 6.37. The fraction of sp³-hybridized carbons (Fsp3) is 0.200. The number of rotatable bonds is 4. The molecule has 8 nitrogen and oxygen atoms in total. The van der Waals surface area contributed by atoms with Crippen LogP contribution in [0.15, 0.2) is 45.9 Å². The Hall–Kier alpha value is -3.16. The molecule has 0 aliphatic rings. The summed E-state index contributed by atoms with van der Waals surface area (Å²) in [6, 6.07) is 6.94. The summed E-state index contributed by atoms with van der Waals surface area (Å²) in [5.74, 6) is -0.388. The number of carbonyl (C=O) groups is 1. The van der Waals surface area contributed by atoms with Gasteiger partial charge in [-0.1, -0.05) is 12.1 Å². The predicted octanol–water partition coefficient (Wildman–Crippen LogP) is 1.09. The van der Waals surface area contributed by atoms with Crippen LogP contribution in [-0.4, -0.2) is 34.5 Å². The molecule has 23 heavy (non-hydrogen) atoms. The topological polar surface area (TPSA) is 93.3 Å². The highest BCUT2D eigenvalue weighted by Crippen LogP contribution is 2.12. The quantitative estimate of drug-likeness (QED) is 0.775. The van der Waals surface area contributed by atoms with Gasteiger partial charge in [-0.2, -0.15) is 0 Å². The number of amides is 1. The molecule has 0 radical (unpaired) electrons. The molecule has 0 bridgehead atoms. The molecule has 0 fully saturated rings. The first-order valence-corrected chi connectivity index (χ1v) is 6.92. The van der Waals surface area contributed by atoms with E-state index in [0.717, 1.165) is 0 Å². The first-order valence-electron chi connectivity index (χ1n) is 6.92. The van der Waals surface area contributed by atoms with Crippen molar-refractivity contribution in [2.24, 2.45) is 0 Å². The number of nitrogens with zero attached hydrogens (tertiary/aromatic N) is 4. The van der Waals surface area contributed by atoms with Crippen LogP contribution in [0.2, 0.25) is 0 Å². The second kappa shape index (κ2) is 5.91. The predicted molar refractivity (Wildman–Crippen MR) is 85.5 cm³/mol. The van der Waals surface area contributed by atoms with Crippen molar-refractivity contribution in [3.05, 3.63) is 47.2 Å². The zero-order valence-corrected chi connectivity index (χ0v) is 12.7. The fourth-order valence-electron chi connectivity index (χ4n) is 2.12. The van der Waals surface area contributed by atoms with E-state index < -0.39 is 5.76 Å². The van der Waals surface area contributed by atoms with E-state index in [9.17, 15) is 9.59 Å². The molecule has 8 heteroatoms. The molecule has 3 aromatic rings. The van der Waals surface area contributed by atoms with Gasteiger partial charge >= 0.3 is 5.76 Å².